The minimum Gasteiger partial charge on any atom is -0.271 e. The number of fused-ring (bicyclic) bond motifs is 1. The summed E-state index contributed by atoms with van der Waals surface area (Å²) in [4.78, 5) is 8.49. The van der Waals surface area contributed by atoms with Crippen LogP contribution in [0.3, 0.4) is 0 Å². The average molecular weight is 240 g/mol. The van der Waals surface area contributed by atoms with Gasteiger partial charge in [0.1, 0.15) is 0 Å². The van der Waals surface area contributed by atoms with Crippen molar-refractivity contribution in [2.75, 3.05) is 0 Å². The van der Waals surface area contributed by atoms with Crippen LogP contribution in [-0.4, -0.2) is 9.97 Å². The molecule has 1 aromatic carbocycles. The summed E-state index contributed by atoms with van der Waals surface area (Å²) in [6, 6.07) is 8.59. The van der Waals surface area contributed by atoms with Crippen LogP contribution >= 0.6 is 0 Å². The van der Waals surface area contributed by atoms with Crippen molar-refractivity contribution < 1.29 is 0 Å². The van der Waals surface area contributed by atoms with Crippen molar-refractivity contribution in [1.82, 2.24) is 15.4 Å². The Morgan fingerprint density at radius 1 is 1.28 bits per heavy atom. The topological polar surface area (TPSA) is 63.8 Å². The van der Waals surface area contributed by atoms with E-state index < -0.39 is 0 Å². The van der Waals surface area contributed by atoms with E-state index in [0.717, 1.165) is 18.5 Å². The number of rotatable bonds is 3. The lowest BCUT2D eigenvalue weighted by atomic mass is 9.91. The van der Waals surface area contributed by atoms with E-state index in [2.05, 4.69) is 39.7 Å². The lowest BCUT2D eigenvalue weighted by Gasteiger charge is -2.22. The van der Waals surface area contributed by atoms with E-state index in [1.54, 1.807) is 18.6 Å². The number of hydrogen-bond donors (Lipinski definition) is 2. The highest BCUT2D eigenvalue weighted by molar-refractivity contribution is 5.37. The SMILES string of the molecule is NNC(c1cnccn1)C1CCc2ccccc21. The molecule has 18 heavy (non-hydrogen) atoms. The summed E-state index contributed by atoms with van der Waals surface area (Å²) in [7, 11) is 0. The first kappa shape index (κ1) is 11.3. The molecule has 0 radical (unpaired) electrons. The van der Waals surface area contributed by atoms with Crippen molar-refractivity contribution in [2.24, 2.45) is 5.84 Å². The summed E-state index contributed by atoms with van der Waals surface area (Å²) in [5.74, 6) is 6.10. The second-order valence-corrected chi connectivity index (χ2v) is 4.62. The number of hydrogen-bond acceptors (Lipinski definition) is 4. The van der Waals surface area contributed by atoms with Gasteiger partial charge in [-0.25, -0.2) is 0 Å². The highest BCUT2D eigenvalue weighted by Gasteiger charge is 2.30. The zero-order chi connectivity index (χ0) is 12.4. The zero-order valence-electron chi connectivity index (χ0n) is 10.1. The van der Waals surface area contributed by atoms with Gasteiger partial charge in [0.15, 0.2) is 0 Å². The third-order valence-electron chi connectivity index (χ3n) is 3.66. The van der Waals surface area contributed by atoms with Crippen LogP contribution in [0.1, 0.15) is 35.2 Å². The van der Waals surface area contributed by atoms with Crippen molar-refractivity contribution in [1.29, 1.82) is 0 Å². The van der Waals surface area contributed by atoms with E-state index in [1.807, 2.05) is 0 Å². The van der Waals surface area contributed by atoms with Gasteiger partial charge in [0.05, 0.1) is 17.9 Å². The third kappa shape index (κ3) is 1.89. The van der Waals surface area contributed by atoms with E-state index in [-0.39, 0.29) is 6.04 Å². The molecule has 2 atom stereocenters. The molecule has 3 rings (SSSR count). The molecular formula is C14H16N4. The Kier molecular flexibility index (Phi) is 3.04. The average Bonchev–Trinajstić information content (AvgIpc) is 2.85. The molecule has 0 spiro atoms. The van der Waals surface area contributed by atoms with Gasteiger partial charge in [0.25, 0.3) is 0 Å². The summed E-state index contributed by atoms with van der Waals surface area (Å²) in [5, 5.41) is 0. The number of nitrogens with zero attached hydrogens (tertiary/aromatic N) is 2. The number of aryl methyl sites for hydroxylation is 1. The van der Waals surface area contributed by atoms with E-state index in [4.69, 9.17) is 5.84 Å². The van der Waals surface area contributed by atoms with Crippen LogP contribution in [0.25, 0.3) is 0 Å². The molecular weight excluding hydrogens is 224 g/mol. The molecule has 0 aliphatic heterocycles. The summed E-state index contributed by atoms with van der Waals surface area (Å²) in [6.07, 6.45) is 7.38. The van der Waals surface area contributed by atoms with Gasteiger partial charge in [-0.05, 0) is 24.0 Å². The fraction of sp³-hybridized carbons (Fsp3) is 0.286. The molecule has 0 amide bonds. The van der Waals surface area contributed by atoms with E-state index in [0.29, 0.717) is 5.92 Å². The van der Waals surface area contributed by atoms with Gasteiger partial charge in [-0.15, -0.1) is 0 Å². The molecule has 0 saturated heterocycles. The second kappa shape index (κ2) is 4.84. The van der Waals surface area contributed by atoms with Gasteiger partial charge in [-0.2, -0.15) is 0 Å². The molecule has 1 aliphatic rings. The minimum atomic E-state index is 0.0300. The highest BCUT2D eigenvalue weighted by atomic mass is 15.2. The van der Waals surface area contributed by atoms with E-state index in [9.17, 15) is 0 Å². The monoisotopic (exact) mass is 240 g/mol. The van der Waals surface area contributed by atoms with Gasteiger partial charge in [0, 0.05) is 18.3 Å². The van der Waals surface area contributed by atoms with Crippen molar-refractivity contribution in [3.63, 3.8) is 0 Å². The zero-order valence-corrected chi connectivity index (χ0v) is 10.1. The minimum absolute atomic E-state index is 0.0300. The van der Waals surface area contributed by atoms with Crippen LogP contribution in [0, 0.1) is 0 Å². The first-order chi connectivity index (χ1) is 8.90. The van der Waals surface area contributed by atoms with Gasteiger partial charge in [0.2, 0.25) is 0 Å². The number of nitrogens with one attached hydrogen (secondary N) is 1. The fourth-order valence-electron chi connectivity index (χ4n) is 2.82. The molecule has 1 heterocycles. The van der Waals surface area contributed by atoms with Crippen LogP contribution < -0.4 is 11.3 Å². The molecule has 4 heteroatoms. The van der Waals surface area contributed by atoms with Gasteiger partial charge in [-0.1, -0.05) is 24.3 Å². The van der Waals surface area contributed by atoms with Crippen LogP contribution in [0.4, 0.5) is 0 Å². The van der Waals surface area contributed by atoms with Crippen LogP contribution in [-0.2, 0) is 6.42 Å². The van der Waals surface area contributed by atoms with Crippen LogP contribution in [0.5, 0.6) is 0 Å². The molecule has 2 aromatic rings. The normalized spacial score (nSPS) is 19.5. The molecule has 4 nitrogen and oxygen atoms in total. The molecule has 1 aliphatic carbocycles. The van der Waals surface area contributed by atoms with Crippen LogP contribution in [0.2, 0.25) is 0 Å². The smallest absolute Gasteiger partial charge is 0.0775 e. The summed E-state index contributed by atoms with van der Waals surface area (Å²) >= 11 is 0. The van der Waals surface area contributed by atoms with Gasteiger partial charge >= 0.3 is 0 Å². The maximum Gasteiger partial charge on any atom is 0.0775 e. The lowest BCUT2D eigenvalue weighted by molar-refractivity contribution is 0.442. The number of hydrazine groups is 1. The maximum atomic E-state index is 5.72. The van der Waals surface area contributed by atoms with Gasteiger partial charge in [-0.3, -0.25) is 21.2 Å². The predicted octanol–water partition coefficient (Wildman–Crippen LogP) is 1.71. The Morgan fingerprint density at radius 2 is 2.17 bits per heavy atom. The van der Waals surface area contributed by atoms with Crippen molar-refractivity contribution >= 4 is 0 Å². The Balaban J connectivity index is 1.95. The second-order valence-electron chi connectivity index (χ2n) is 4.62. The predicted molar refractivity (Wildman–Crippen MR) is 69.6 cm³/mol. The van der Waals surface area contributed by atoms with Gasteiger partial charge < -0.3 is 0 Å². The number of aromatic nitrogens is 2. The Labute approximate surface area is 106 Å². The number of benzene rings is 1. The largest absolute Gasteiger partial charge is 0.271 e. The molecule has 3 N–H and O–H groups in total. The molecule has 0 bridgehead atoms. The highest BCUT2D eigenvalue weighted by Crippen LogP contribution is 2.40. The molecule has 0 fully saturated rings. The van der Waals surface area contributed by atoms with Crippen molar-refractivity contribution in [3.05, 3.63) is 59.7 Å². The molecule has 0 saturated carbocycles. The number of nitrogens with two attached hydrogens (primary N) is 1. The van der Waals surface area contributed by atoms with E-state index >= 15 is 0 Å². The molecule has 2 unspecified atom stereocenters. The van der Waals surface area contributed by atoms with Crippen LogP contribution in [0.15, 0.2) is 42.9 Å². The maximum absolute atomic E-state index is 5.72. The first-order valence-corrected chi connectivity index (χ1v) is 6.20. The molecule has 1 aromatic heterocycles. The standard InChI is InChI=1S/C14H16N4/c15-18-14(13-9-16-7-8-17-13)12-6-5-10-3-1-2-4-11(10)12/h1-4,7-9,12,14,18H,5-6,15H2. The summed E-state index contributed by atoms with van der Waals surface area (Å²) < 4.78 is 0. The summed E-state index contributed by atoms with van der Waals surface area (Å²) in [5.41, 5.74) is 6.61. The third-order valence-corrected chi connectivity index (χ3v) is 3.66. The summed E-state index contributed by atoms with van der Waals surface area (Å²) in [6.45, 7) is 0. The van der Waals surface area contributed by atoms with E-state index in [1.165, 1.54) is 11.1 Å². The van der Waals surface area contributed by atoms with Crippen molar-refractivity contribution in [3.8, 4) is 0 Å². The Bertz CT molecular complexity index is 526. The fourth-order valence-corrected chi connectivity index (χ4v) is 2.82. The quantitative estimate of drug-likeness (QED) is 0.633. The first-order valence-electron chi connectivity index (χ1n) is 6.20. The lowest BCUT2D eigenvalue weighted by Crippen LogP contribution is -2.32. The Hall–Kier alpha value is -1.78. The molecule has 92 valence electrons. The Morgan fingerprint density at radius 3 is 2.94 bits per heavy atom. The van der Waals surface area contributed by atoms with Crippen molar-refractivity contribution in [2.45, 2.75) is 24.8 Å².